The molecule has 6 nitrogen and oxygen atoms in total. The first kappa shape index (κ1) is 11.5. The molecule has 1 aromatic rings. The fourth-order valence-electron chi connectivity index (χ4n) is 2.10. The fraction of sp³-hybridized carbons (Fsp3) is 0.455. The Kier molecular flexibility index (Phi) is 3.32. The lowest BCUT2D eigenvalue weighted by molar-refractivity contribution is -0.142. The second-order valence-corrected chi connectivity index (χ2v) is 4.08. The van der Waals surface area contributed by atoms with Crippen LogP contribution in [0.2, 0.25) is 0 Å². The van der Waals surface area contributed by atoms with E-state index < -0.39 is 11.9 Å². The van der Waals surface area contributed by atoms with Crippen molar-refractivity contribution in [2.24, 2.45) is 5.92 Å². The van der Waals surface area contributed by atoms with Crippen LogP contribution in [0.25, 0.3) is 0 Å². The lowest BCUT2D eigenvalue weighted by Gasteiger charge is -2.17. The highest BCUT2D eigenvalue weighted by Crippen LogP contribution is 2.25. The fourth-order valence-corrected chi connectivity index (χ4v) is 2.10. The van der Waals surface area contributed by atoms with Gasteiger partial charge >= 0.3 is 5.97 Å². The lowest BCUT2D eigenvalue weighted by atomic mass is 10.0. The molecule has 1 aliphatic rings. The zero-order valence-corrected chi connectivity index (χ0v) is 9.17. The van der Waals surface area contributed by atoms with Crippen LogP contribution < -0.4 is 5.32 Å². The number of hydrogen-bond acceptors (Lipinski definition) is 4. The van der Waals surface area contributed by atoms with Crippen LogP contribution in [0, 0.1) is 5.92 Å². The van der Waals surface area contributed by atoms with Crippen molar-refractivity contribution >= 4 is 11.9 Å². The van der Waals surface area contributed by atoms with Crippen LogP contribution in [0.1, 0.15) is 29.6 Å². The summed E-state index contributed by atoms with van der Waals surface area (Å²) in [5.41, 5.74) is 0.350. The number of carboxylic acids is 1. The Hall–Kier alpha value is -1.98. The average Bonchev–Trinajstić information content (AvgIpc) is 2.78. The van der Waals surface area contributed by atoms with Gasteiger partial charge in [-0.1, -0.05) is 6.42 Å². The third-order valence-electron chi connectivity index (χ3n) is 2.97. The van der Waals surface area contributed by atoms with Crippen molar-refractivity contribution in [1.29, 1.82) is 0 Å². The summed E-state index contributed by atoms with van der Waals surface area (Å²) in [5.74, 6) is -1.65. The average molecular weight is 235 g/mol. The summed E-state index contributed by atoms with van der Waals surface area (Å²) in [6, 6.07) is -0.291. The maximum Gasteiger partial charge on any atom is 0.308 e. The van der Waals surface area contributed by atoms with Gasteiger partial charge in [-0.15, -0.1) is 0 Å². The zero-order chi connectivity index (χ0) is 12.3. The van der Waals surface area contributed by atoms with E-state index in [0.29, 0.717) is 18.4 Å². The smallest absolute Gasteiger partial charge is 0.308 e. The largest absolute Gasteiger partial charge is 0.481 e. The molecule has 17 heavy (non-hydrogen) atoms. The van der Waals surface area contributed by atoms with Gasteiger partial charge in [0.1, 0.15) is 6.33 Å². The van der Waals surface area contributed by atoms with Gasteiger partial charge < -0.3 is 10.4 Å². The molecule has 2 N–H and O–H groups in total. The number of hydrogen-bond donors (Lipinski definition) is 2. The van der Waals surface area contributed by atoms with Gasteiger partial charge in [0, 0.05) is 18.4 Å². The van der Waals surface area contributed by atoms with E-state index in [4.69, 9.17) is 5.11 Å². The predicted molar refractivity (Wildman–Crippen MR) is 58.3 cm³/mol. The Balaban J connectivity index is 2.02. The van der Waals surface area contributed by atoms with Crippen molar-refractivity contribution < 1.29 is 14.7 Å². The van der Waals surface area contributed by atoms with Crippen LogP contribution in [-0.2, 0) is 4.79 Å². The van der Waals surface area contributed by atoms with Crippen molar-refractivity contribution in [2.45, 2.75) is 25.3 Å². The molecule has 0 aromatic carbocycles. The number of rotatable bonds is 3. The summed E-state index contributed by atoms with van der Waals surface area (Å²) in [6.07, 6.45) is 6.31. The van der Waals surface area contributed by atoms with Crippen LogP contribution in [-0.4, -0.2) is 33.0 Å². The minimum Gasteiger partial charge on any atom is -0.481 e. The number of nitrogens with one attached hydrogen (secondary N) is 1. The standard InChI is InChI=1S/C11H13N3O3/c15-10(7-4-12-6-13-5-7)14-9-3-1-2-8(9)11(16)17/h4-6,8-9H,1-3H2,(H,14,15)(H,16,17). The second-order valence-electron chi connectivity index (χ2n) is 4.08. The van der Waals surface area contributed by atoms with Crippen molar-refractivity contribution in [3.05, 3.63) is 24.3 Å². The van der Waals surface area contributed by atoms with E-state index in [-0.39, 0.29) is 11.9 Å². The molecule has 6 heteroatoms. The molecule has 1 aliphatic carbocycles. The van der Waals surface area contributed by atoms with E-state index >= 15 is 0 Å². The molecule has 2 rings (SSSR count). The van der Waals surface area contributed by atoms with E-state index in [1.165, 1.54) is 18.7 Å². The zero-order valence-electron chi connectivity index (χ0n) is 9.17. The summed E-state index contributed by atoms with van der Waals surface area (Å²) in [7, 11) is 0. The molecule has 1 aromatic heterocycles. The number of carbonyl (C=O) groups excluding carboxylic acids is 1. The molecular formula is C11H13N3O3. The van der Waals surface area contributed by atoms with Crippen molar-refractivity contribution in [3.63, 3.8) is 0 Å². The van der Waals surface area contributed by atoms with Crippen LogP contribution in [0.3, 0.4) is 0 Å². The molecule has 0 radical (unpaired) electrons. The van der Waals surface area contributed by atoms with Gasteiger partial charge in [0.25, 0.3) is 5.91 Å². The number of aliphatic carboxylic acids is 1. The van der Waals surface area contributed by atoms with Gasteiger partial charge in [-0.2, -0.15) is 0 Å². The summed E-state index contributed by atoms with van der Waals surface area (Å²) in [6.45, 7) is 0. The highest BCUT2D eigenvalue weighted by Gasteiger charge is 2.33. The summed E-state index contributed by atoms with van der Waals surface area (Å²) in [5, 5.41) is 11.7. The molecule has 1 amide bonds. The summed E-state index contributed by atoms with van der Waals surface area (Å²) in [4.78, 5) is 30.2. The van der Waals surface area contributed by atoms with E-state index in [0.717, 1.165) is 6.42 Å². The van der Waals surface area contributed by atoms with Crippen molar-refractivity contribution in [2.75, 3.05) is 0 Å². The maximum atomic E-state index is 11.8. The van der Waals surface area contributed by atoms with E-state index in [2.05, 4.69) is 15.3 Å². The number of carbonyl (C=O) groups is 2. The second kappa shape index (κ2) is 4.90. The summed E-state index contributed by atoms with van der Waals surface area (Å²) >= 11 is 0. The molecule has 2 unspecified atom stereocenters. The highest BCUT2D eigenvalue weighted by atomic mass is 16.4. The Morgan fingerprint density at radius 1 is 1.29 bits per heavy atom. The molecule has 2 atom stereocenters. The quantitative estimate of drug-likeness (QED) is 0.794. The van der Waals surface area contributed by atoms with E-state index in [1.807, 2.05) is 0 Å². The van der Waals surface area contributed by atoms with Crippen molar-refractivity contribution in [1.82, 2.24) is 15.3 Å². The Morgan fingerprint density at radius 3 is 2.65 bits per heavy atom. The van der Waals surface area contributed by atoms with Crippen LogP contribution in [0.15, 0.2) is 18.7 Å². The monoisotopic (exact) mass is 235 g/mol. The van der Waals surface area contributed by atoms with Crippen LogP contribution >= 0.6 is 0 Å². The molecule has 1 heterocycles. The minimum atomic E-state index is -0.850. The Labute approximate surface area is 98.1 Å². The normalized spacial score (nSPS) is 23.3. The maximum absolute atomic E-state index is 11.8. The molecule has 90 valence electrons. The van der Waals surface area contributed by atoms with Gasteiger partial charge in [0.05, 0.1) is 11.5 Å². The van der Waals surface area contributed by atoms with Gasteiger partial charge in [-0.05, 0) is 12.8 Å². The van der Waals surface area contributed by atoms with Gasteiger partial charge in [0.2, 0.25) is 0 Å². The Bertz CT molecular complexity index is 421. The van der Waals surface area contributed by atoms with Crippen molar-refractivity contribution in [3.8, 4) is 0 Å². The Morgan fingerprint density at radius 2 is 2.00 bits per heavy atom. The molecule has 0 aliphatic heterocycles. The molecule has 1 saturated carbocycles. The third kappa shape index (κ3) is 2.58. The number of aromatic nitrogens is 2. The van der Waals surface area contributed by atoms with Crippen LogP contribution in [0.4, 0.5) is 0 Å². The topological polar surface area (TPSA) is 92.2 Å². The SMILES string of the molecule is O=C(NC1CCCC1C(=O)O)c1cncnc1. The van der Waals surface area contributed by atoms with Gasteiger partial charge in [-0.3, -0.25) is 9.59 Å². The minimum absolute atomic E-state index is 0.291. The highest BCUT2D eigenvalue weighted by molar-refractivity contribution is 5.94. The van der Waals surface area contributed by atoms with E-state index in [1.54, 1.807) is 0 Å². The lowest BCUT2D eigenvalue weighted by Crippen LogP contribution is -2.40. The van der Waals surface area contributed by atoms with Crippen LogP contribution in [0.5, 0.6) is 0 Å². The third-order valence-corrected chi connectivity index (χ3v) is 2.97. The van der Waals surface area contributed by atoms with Gasteiger partial charge in [-0.25, -0.2) is 9.97 Å². The molecule has 0 spiro atoms. The molecule has 0 bridgehead atoms. The first-order chi connectivity index (χ1) is 8.18. The number of carboxylic acid groups (broad SMARTS) is 1. The number of amides is 1. The predicted octanol–water partition coefficient (Wildman–Crippen LogP) is 0.460. The van der Waals surface area contributed by atoms with Gasteiger partial charge in [0.15, 0.2) is 0 Å². The number of nitrogens with zero attached hydrogens (tertiary/aromatic N) is 2. The molecule has 1 fully saturated rings. The van der Waals surface area contributed by atoms with E-state index in [9.17, 15) is 9.59 Å². The first-order valence-electron chi connectivity index (χ1n) is 5.47. The first-order valence-corrected chi connectivity index (χ1v) is 5.47. The molecule has 0 saturated heterocycles. The molecular weight excluding hydrogens is 222 g/mol. The summed E-state index contributed by atoms with van der Waals surface area (Å²) < 4.78 is 0.